The third-order valence-corrected chi connectivity index (χ3v) is 4.15. The van der Waals surface area contributed by atoms with Gasteiger partial charge in [-0.05, 0) is 24.6 Å². The van der Waals surface area contributed by atoms with Gasteiger partial charge in [0.05, 0.1) is 11.7 Å². The Morgan fingerprint density at radius 2 is 1.73 bits per heavy atom. The minimum absolute atomic E-state index is 0.0488. The van der Waals surface area contributed by atoms with E-state index in [1.54, 1.807) is 23.1 Å². The Labute approximate surface area is 130 Å². The van der Waals surface area contributed by atoms with Crippen molar-refractivity contribution in [2.24, 2.45) is 0 Å². The SMILES string of the molecule is CC1C(=O)N(c2ccccc2F)CCN1Cc1ccccc1. The number of nitrogens with zero attached hydrogens (tertiary/aromatic N) is 2. The molecule has 2 aromatic carbocycles. The van der Waals surface area contributed by atoms with Crippen LogP contribution in [0.4, 0.5) is 10.1 Å². The number of carbonyl (C=O) groups excluding carboxylic acids is 1. The van der Waals surface area contributed by atoms with Crippen molar-refractivity contribution in [2.75, 3.05) is 18.0 Å². The fraction of sp³-hybridized carbons (Fsp3) is 0.278. The van der Waals surface area contributed by atoms with Gasteiger partial charge in [0.2, 0.25) is 5.91 Å². The molecule has 1 amide bonds. The molecule has 2 aromatic rings. The molecule has 0 spiro atoms. The van der Waals surface area contributed by atoms with Crippen LogP contribution in [0.1, 0.15) is 12.5 Å². The van der Waals surface area contributed by atoms with Crippen LogP contribution in [0, 0.1) is 5.82 Å². The molecule has 1 fully saturated rings. The lowest BCUT2D eigenvalue weighted by Gasteiger charge is -2.39. The first kappa shape index (κ1) is 14.7. The predicted molar refractivity (Wildman–Crippen MR) is 85.1 cm³/mol. The molecule has 3 nitrogen and oxygen atoms in total. The molecule has 1 aliphatic heterocycles. The molecule has 0 aromatic heterocycles. The number of amides is 1. The van der Waals surface area contributed by atoms with Gasteiger partial charge in [-0.25, -0.2) is 4.39 Å². The third kappa shape index (κ3) is 2.88. The van der Waals surface area contributed by atoms with Crippen LogP contribution in [0.2, 0.25) is 0 Å². The summed E-state index contributed by atoms with van der Waals surface area (Å²) in [5.41, 5.74) is 1.56. The topological polar surface area (TPSA) is 23.6 Å². The second-order valence-electron chi connectivity index (χ2n) is 5.57. The summed E-state index contributed by atoms with van der Waals surface area (Å²) in [6.07, 6.45) is 0. The molecule has 3 rings (SSSR count). The number of hydrogen-bond acceptors (Lipinski definition) is 2. The number of hydrogen-bond donors (Lipinski definition) is 0. The molecule has 114 valence electrons. The molecule has 22 heavy (non-hydrogen) atoms. The first-order valence-corrected chi connectivity index (χ1v) is 7.50. The number of anilines is 1. The predicted octanol–water partition coefficient (Wildman–Crippen LogP) is 3.06. The van der Waals surface area contributed by atoms with E-state index in [4.69, 9.17) is 0 Å². The maximum atomic E-state index is 13.9. The van der Waals surface area contributed by atoms with E-state index < -0.39 is 0 Å². The zero-order valence-corrected chi connectivity index (χ0v) is 12.6. The number of halogens is 1. The summed E-state index contributed by atoms with van der Waals surface area (Å²) in [5, 5.41) is 0. The van der Waals surface area contributed by atoms with E-state index >= 15 is 0 Å². The van der Waals surface area contributed by atoms with Gasteiger partial charge in [-0.15, -0.1) is 0 Å². The van der Waals surface area contributed by atoms with Crippen LogP contribution >= 0.6 is 0 Å². The monoisotopic (exact) mass is 298 g/mol. The van der Waals surface area contributed by atoms with Crippen molar-refractivity contribution in [3.8, 4) is 0 Å². The normalized spacial score (nSPS) is 19.5. The van der Waals surface area contributed by atoms with Crippen LogP contribution in [0.5, 0.6) is 0 Å². The number of piperazine rings is 1. The van der Waals surface area contributed by atoms with Gasteiger partial charge in [-0.2, -0.15) is 0 Å². The maximum Gasteiger partial charge on any atom is 0.244 e. The quantitative estimate of drug-likeness (QED) is 0.869. The van der Waals surface area contributed by atoms with Gasteiger partial charge in [-0.3, -0.25) is 9.69 Å². The fourth-order valence-electron chi connectivity index (χ4n) is 2.86. The standard InChI is InChI=1S/C18H19FN2O/c1-14-18(22)21(17-10-6-5-9-16(17)19)12-11-20(14)13-15-7-3-2-4-8-15/h2-10,14H,11-13H2,1H3. The number of benzene rings is 2. The Morgan fingerprint density at radius 3 is 2.45 bits per heavy atom. The van der Waals surface area contributed by atoms with Gasteiger partial charge in [0.1, 0.15) is 5.82 Å². The highest BCUT2D eigenvalue weighted by atomic mass is 19.1. The zero-order valence-electron chi connectivity index (χ0n) is 12.6. The second kappa shape index (κ2) is 6.28. The first-order chi connectivity index (χ1) is 10.7. The van der Waals surface area contributed by atoms with Crippen molar-refractivity contribution in [1.82, 2.24) is 4.90 Å². The van der Waals surface area contributed by atoms with E-state index in [2.05, 4.69) is 17.0 Å². The molecule has 0 aliphatic carbocycles. The molecule has 4 heteroatoms. The van der Waals surface area contributed by atoms with Gasteiger partial charge in [-0.1, -0.05) is 42.5 Å². The molecular weight excluding hydrogens is 279 g/mol. The Bertz CT molecular complexity index is 659. The average Bonchev–Trinajstić information content (AvgIpc) is 2.54. The van der Waals surface area contributed by atoms with Crippen LogP contribution in [0.3, 0.4) is 0 Å². The molecule has 0 bridgehead atoms. The van der Waals surface area contributed by atoms with Crippen LogP contribution in [-0.4, -0.2) is 29.9 Å². The summed E-state index contributed by atoms with van der Waals surface area (Å²) in [6.45, 7) is 3.87. The lowest BCUT2D eigenvalue weighted by Crippen LogP contribution is -2.55. The van der Waals surface area contributed by atoms with Gasteiger partial charge >= 0.3 is 0 Å². The lowest BCUT2D eigenvalue weighted by molar-refractivity contribution is -0.125. The number of carbonyl (C=O) groups is 1. The average molecular weight is 298 g/mol. The molecule has 1 atom stereocenters. The fourth-order valence-corrected chi connectivity index (χ4v) is 2.86. The summed E-state index contributed by atoms with van der Waals surface area (Å²) in [6, 6.07) is 16.3. The third-order valence-electron chi connectivity index (χ3n) is 4.15. The van der Waals surface area contributed by atoms with E-state index in [0.29, 0.717) is 12.2 Å². The van der Waals surface area contributed by atoms with Gasteiger partial charge < -0.3 is 4.90 Å². The molecule has 0 radical (unpaired) electrons. The van der Waals surface area contributed by atoms with Crippen molar-refractivity contribution in [2.45, 2.75) is 19.5 Å². The van der Waals surface area contributed by atoms with Gasteiger partial charge in [0, 0.05) is 19.6 Å². The Morgan fingerprint density at radius 1 is 1.05 bits per heavy atom. The van der Waals surface area contributed by atoms with Crippen LogP contribution < -0.4 is 4.90 Å². The largest absolute Gasteiger partial charge is 0.307 e. The first-order valence-electron chi connectivity index (χ1n) is 7.50. The summed E-state index contributed by atoms with van der Waals surface area (Å²) in [4.78, 5) is 16.3. The molecule has 1 heterocycles. The van der Waals surface area contributed by atoms with E-state index in [9.17, 15) is 9.18 Å². The molecular formula is C18H19FN2O. The minimum atomic E-state index is -0.348. The van der Waals surface area contributed by atoms with Crippen molar-refractivity contribution in [3.05, 3.63) is 66.0 Å². The highest BCUT2D eigenvalue weighted by molar-refractivity contribution is 5.97. The van der Waals surface area contributed by atoms with Gasteiger partial charge in [0.15, 0.2) is 0 Å². The maximum absolute atomic E-state index is 13.9. The minimum Gasteiger partial charge on any atom is -0.307 e. The van der Waals surface area contributed by atoms with E-state index in [1.807, 2.05) is 25.1 Å². The van der Waals surface area contributed by atoms with E-state index in [1.165, 1.54) is 11.6 Å². The zero-order chi connectivity index (χ0) is 15.5. The molecule has 1 unspecified atom stereocenters. The lowest BCUT2D eigenvalue weighted by atomic mass is 10.1. The molecule has 1 aliphatic rings. The number of rotatable bonds is 3. The Hall–Kier alpha value is -2.20. The highest BCUT2D eigenvalue weighted by Gasteiger charge is 2.33. The summed E-state index contributed by atoms with van der Waals surface area (Å²) >= 11 is 0. The summed E-state index contributed by atoms with van der Waals surface area (Å²) in [7, 11) is 0. The molecule has 0 N–H and O–H groups in total. The second-order valence-corrected chi connectivity index (χ2v) is 5.57. The summed E-state index contributed by atoms with van der Waals surface area (Å²) in [5.74, 6) is -0.396. The van der Waals surface area contributed by atoms with E-state index in [0.717, 1.165) is 13.1 Å². The Balaban J connectivity index is 1.75. The molecule has 0 saturated carbocycles. The van der Waals surface area contributed by atoms with Crippen LogP contribution in [0.25, 0.3) is 0 Å². The van der Waals surface area contributed by atoms with Crippen molar-refractivity contribution < 1.29 is 9.18 Å². The van der Waals surface area contributed by atoms with Gasteiger partial charge in [0.25, 0.3) is 0 Å². The summed E-state index contributed by atoms with van der Waals surface area (Å²) < 4.78 is 13.9. The van der Waals surface area contributed by atoms with E-state index in [-0.39, 0.29) is 17.8 Å². The number of para-hydroxylation sites is 1. The van der Waals surface area contributed by atoms with Crippen molar-refractivity contribution in [3.63, 3.8) is 0 Å². The van der Waals surface area contributed by atoms with Crippen LogP contribution in [0.15, 0.2) is 54.6 Å². The Kier molecular flexibility index (Phi) is 4.20. The van der Waals surface area contributed by atoms with Crippen molar-refractivity contribution in [1.29, 1.82) is 0 Å². The highest BCUT2D eigenvalue weighted by Crippen LogP contribution is 2.24. The smallest absolute Gasteiger partial charge is 0.244 e. The van der Waals surface area contributed by atoms with Crippen molar-refractivity contribution >= 4 is 11.6 Å². The van der Waals surface area contributed by atoms with Crippen LogP contribution in [-0.2, 0) is 11.3 Å². The molecule has 1 saturated heterocycles.